The van der Waals surface area contributed by atoms with Crippen LogP contribution in [0.15, 0.2) is 51.5 Å². The molecule has 8 nitrogen and oxygen atoms in total. The zero-order valence-electron chi connectivity index (χ0n) is 13.6. The number of carbonyl (C=O) groups excluding carboxylic acids is 1. The summed E-state index contributed by atoms with van der Waals surface area (Å²) in [4.78, 5) is 11.7. The first kappa shape index (κ1) is 20.8. The molecule has 0 heterocycles. The summed E-state index contributed by atoms with van der Waals surface area (Å²) in [6, 6.07) is 8.27. The predicted octanol–water partition coefficient (Wildman–Crippen LogP) is 4.11. The molecular formula is C16H11Cl2N3O5S. The first-order valence-corrected chi connectivity index (χ1v) is 9.32. The van der Waals surface area contributed by atoms with Gasteiger partial charge in [-0.3, -0.25) is 9.35 Å². The zero-order chi connectivity index (χ0) is 20.2. The third-order valence-corrected chi connectivity index (χ3v) is 4.93. The lowest BCUT2D eigenvalue weighted by Crippen LogP contribution is -2.16. The molecule has 11 heteroatoms. The lowest BCUT2D eigenvalue weighted by atomic mass is 10.1. The molecule has 1 atom stereocenters. The summed E-state index contributed by atoms with van der Waals surface area (Å²) in [6.45, 7) is 0. The van der Waals surface area contributed by atoms with Crippen molar-refractivity contribution in [1.82, 2.24) is 0 Å². The van der Waals surface area contributed by atoms with Crippen LogP contribution in [0.25, 0.3) is 0 Å². The van der Waals surface area contributed by atoms with Gasteiger partial charge in [-0.05, 0) is 36.4 Å². The van der Waals surface area contributed by atoms with E-state index in [1.54, 1.807) is 18.2 Å². The van der Waals surface area contributed by atoms with Crippen molar-refractivity contribution >= 4 is 44.8 Å². The van der Waals surface area contributed by atoms with Crippen LogP contribution in [0.4, 0.5) is 5.69 Å². The summed E-state index contributed by atoms with van der Waals surface area (Å²) in [5, 5.41) is 16.0. The molecule has 0 aliphatic heterocycles. The predicted molar refractivity (Wildman–Crippen MR) is 97.5 cm³/mol. The van der Waals surface area contributed by atoms with E-state index in [0.717, 1.165) is 12.1 Å². The van der Waals surface area contributed by atoms with E-state index in [2.05, 4.69) is 10.2 Å². The maximum absolute atomic E-state index is 12.3. The molecule has 0 saturated carbocycles. The molecule has 0 spiro atoms. The first-order chi connectivity index (χ1) is 12.7. The Bertz CT molecular complexity index is 1050. The number of ether oxygens (including phenoxy) is 1. The van der Waals surface area contributed by atoms with Crippen LogP contribution in [0.3, 0.4) is 0 Å². The van der Waals surface area contributed by atoms with Crippen LogP contribution >= 0.6 is 23.2 Å². The number of Topliss-reactive ketones (excluding diaryl/α,β-unsaturated/α-hetero) is 1. The topological polar surface area (TPSA) is 129 Å². The Balaban J connectivity index is 2.30. The number of carbonyl (C=O) groups is 1. The van der Waals surface area contributed by atoms with Gasteiger partial charge >= 0.3 is 0 Å². The van der Waals surface area contributed by atoms with Crippen LogP contribution < -0.4 is 4.74 Å². The van der Waals surface area contributed by atoms with Gasteiger partial charge < -0.3 is 4.74 Å². The Morgan fingerprint density at radius 1 is 1.22 bits per heavy atom. The minimum absolute atomic E-state index is 0.0724. The Labute approximate surface area is 164 Å². The summed E-state index contributed by atoms with van der Waals surface area (Å²) < 4.78 is 36.4. The third-order valence-electron chi connectivity index (χ3n) is 3.31. The van der Waals surface area contributed by atoms with Gasteiger partial charge in [0.2, 0.25) is 11.8 Å². The van der Waals surface area contributed by atoms with E-state index < -0.39 is 26.8 Å². The molecule has 2 aromatic carbocycles. The fourth-order valence-electron chi connectivity index (χ4n) is 1.96. The number of hydrogen-bond donors (Lipinski definition) is 1. The SMILES string of the molecule is COc1ccc(C(=O)C(C#N)N=Nc2cc(Cl)c(S(=O)(=O)O)cc2Cl)cc1. The minimum atomic E-state index is -4.57. The molecule has 0 aliphatic carbocycles. The molecule has 0 saturated heterocycles. The molecule has 0 bridgehead atoms. The molecule has 27 heavy (non-hydrogen) atoms. The normalized spacial score (nSPS) is 12.6. The third kappa shape index (κ3) is 5.02. The van der Waals surface area contributed by atoms with E-state index in [1.807, 2.05) is 0 Å². The van der Waals surface area contributed by atoms with Gasteiger partial charge in [0.05, 0.1) is 23.2 Å². The van der Waals surface area contributed by atoms with E-state index in [4.69, 9.17) is 32.5 Å². The van der Waals surface area contributed by atoms with Crippen LogP contribution in [0.1, 0.15) is 10.4 Å². The van der Waals surface area contributed by atoms with Crippen LogP contribution in [0, 0.1) is 11.3 Å². The summed E-state index contributed by atoms with van der Waals surface area (Å²) in [5.41, 5.74) is 0.156. The molecular weight excluding hydrogens is 417 g/mol. The number of nitrogens with zero attached hydrogens (tertiary/aromatic N) is 3. The summed E-state index contributed by atoms with van der Waals surface area (Å²) >= 11 is 11.7. The smallest absolute Gasteiger partial charge is 0.296 e. The molecule has 2 aromatic rings. The molecule has 2 rings (SSSR count). The Hall–Kier alpha value is -2.51. The number of nitriles is 1. The number of hydrogen-bond acceptors (Lipinski definition) is 7. The lowest BCUT2D eigenvalue weighted by Gasteiger charge is -2.06. The lowest BCUT2D eigenvalue weighted by molar-refractivity contribution is 0.0979. The largest absolute Gasteiger partial charge is 0.497 e. The van der Waals surface area contributed by atoms with Crippen molar-refractivity contribution in [1.29, 1.82) is 5.26 Å². The van der Waals surface area contributed by atoms with Crippen LogP contribution in [0.5, 0.6) is 5.75 Å². The number of halogens is 2. The van der Waals surface area contributed by atoms with Crippen molar-refractivity contribution in [3.8, 4) is 11.8 Å². The molecule has 0 amide bonds. The minimum Gasteiger partial charge on any atom is -0.497 e. The second-order valence-corrected chi connectivity index (χ2v) is 7.25. The van der Waals surface area contributed by atoms with Gasteiger partial charge in [-0.1, -0.05) is 23.2 Å². The van der Waals surface area contributed by atoms with Crippen LogP contribution in [0.2, 0.25) is 10.0 Å². The van der Waals surface area contributed by atoms with Crippen molar-refractivity contribution in [2.75, 3.05) is 7.11 Å². The average molecular weight is 428 g/mol. The Kier molecular flexibility index (Phi) is 6.51. The van der Waals surface area contributed by atoms with Crippen LogP contribution in [-0.2, 0) is 10.1 Å². The van der Waals surface area contributed by atoms with Gasteiger partial charge in [0.15, 0.2) is 0 Å². The highest BCUT2D eigenvalue weighted by Crippen LogP contribution is 2.34. The number of methoxy groups -OCH3 is 1. The maximum Gasteiger partial charge on any atom is 0.296 e. The number of azo groups is 1. The number of benzene rings is 2. The van der Waals surface area contributed by atoms with Crippen molar-refractivity contribution in [3.63, 3.8) is 0 Å². The summed E-state index contributed by atoms with van der Waals surface area (Å²) in [6.07, 6.45) is 0. The fourth-order valence-corrected chi connectivity index (χ4v) is 3.25. The average Bonchev–Trinajstić information content (AvgIpc) is 2.63. The van der Waals surface area contributed by atoms with Gasteiger partial charge in [0.25, 0.3) is 10.1 Å². The van der Waals surface area contributed by atoms with E-state index in [1.165, 1.54) is 19.2 Å². The van der Waals surface area contributed by atoms with Gasteiger partial charge in [0.1, 0.15) is 16.3 Å². The van der Waals surface area contributed by atoms with Crippen molar-refractivity contribution in [2.24, 2.45) is 10.2 Å². The second kappa shape index (κ2) is 8.45. The van der Waals surface area contributed by atoms with Gasteiger partial charge in [-0.15, -0.1) is 0 Å². The highest BCUT2D eigenvalue weighted by molar-refractivity contribution is 7.86. The molecule has 1 N–H and O–H groups in total. The van der Waals surface area contributed by atoms with E-state index in [0.29, 0.717) is 5.75 Å². The van der Waals surface area contributed by atoms with Crippen LogP contribution in [-0.4, -0.2) is 31.9 Å². The number of rotatable bonds is 6. The summed E-state index contributed by atoms with van der Waals surface area (Å²) in [5.74, 6) is -0.0530. The Morgan fingerprint density at radius 2 is 1.85 bits per heavy atom. The van der Waals surface area contributed by atoms with Crippen molar-refractivity contribution in [2.45, 2.75) is 10.9 Å². The standard InChI is InChI=1S/C16H11Cl2N3O5S/c1-26-10-4-2-9(3-5-10)16(22)14(8-19)21-20-13-6-12(18)15(7-11(13)17)27(23,24)25/h2-7,14H,1H3,(H,23,24,25). The van der Waals surface area contributed by atoms with Gasteiger partial charge in [-0.25, -0.2) is 0 Å². The molecule has 0 radical (unpaired) electrons. The maximum atomic E-state index is 12.3. The molecule has 0 aromatic heterocycles. The van der Waals surface area contributed by atoms with Crippen molar-refractivity contribution in [3.05, 3.63) is 52.0 Å². The van der Waals surface area contributed by atoms with E-state index in [-0.39, 0.29) is 21.3 Å². The molecule has 140 valence electrons. The molecule has 0 fully saturated rings. The highest BCUT2D eigenvalue weighted by atomic mass is 35.5. The Morgan fingerprint density at radius 3 is 2.37 bits per heavy atom. The van der Waals surface area contributed by atoms with E-state index >= 15 is 0 Å². The molecule has 0 aliphatic rings. The zero-order valence-corrected chi connectivity index (χ0v) is 16.0. The van der Waals surface area contributed by atoms with Gasteiger partial charge in [0, 0.05) is 5.56 Å². The molecule has 1 unspecified atom stereocenters. The second-order valence-electron chi connectivity index (χ2n) is 5.05. The number of ketones is 1. The van der Waals surface area contributed by atoms with Gasteiger partial charge in [-0.2, -0.15) is 23.9 Å². The quantitative estimate of drug-likeness (QED) is 0.419. The fraction of sp³-hybridized carbons (Fsp3) is 0.125. The first-order valence-electron chi connectivity index (χ1n) is 7.12. The highest BCUT2D eigenvalue weighted by Gasteiger charge is 2.21. The monoisotopic (exact) mass is 427 g/mol. The van der Waals surface area contributed by atoms with E-state index in [9.17, 15) is 18.5 Å². The summed E-state index contributed by atoms with van der Waals surface area (Å²) in [7, 11) is -3.09. The van der Waals surface area contributed by atoms with Crippen molar-refractivity contribution < 1.29 is 22.5 Å².